The first-order chi connectivity index (χ1) is 8.28. The summed E-state index contributed by atoms with van der Waals surface area (Å²) >= 11 is 0. The van der Waals surface area contributed by atoms with Crippen molar-refractivity contribution in [1.29, 1.82) is 0 Å². The zero-order chi connectivity index (χ0) is 13.9. The van der Waals surface area contributed by atoms with E-state index in [0.29, 0.717) is 6.42 Å². The Kier molecular flexibility index (Phi) is 4.06. The van der Waals surface area contributed by atoms with Crippen molar-refractivity contribution in [2.24, 2.45) is 0 Å². The summed E-state index contributed by atoms with van der Waals surface area (Å²) in [5, 5.41) is 11.6. The lowest BCUT2D eigenvalue weighted by atomic mass is 9.99. The average Bonchev–Trinajstić information content (AvgIpc) is 2.27. The van der Waals surface area contributed by atoms with Gasteiger partial charge in [-0.1, -0.05) is 6.92 Å². The Balaban J connectivity index is 2.98. The number of aliphatic carboxylic acids is 1. The second kappa shape index (κ2) is 5.16. The van der Waals surface area contributed by atoms with E-state index in [4.69, 9.17) is 5.11 Å². The summed E-state index contributed by atoms with van der Waals surface area (Å²) in [4.78, 5) is 27.2. The summed E-state index contributed by atoms with van der Waals surface area (Å²) in [6, 6.07) is 3.49. The number of pyridine rings is 1. The molecule has 1 rings (SSSR count). The molecule has 0 spiro atoms. The monoisotopic (exact) mass is 250 g/mol. The minimum absolute atomic E-state index is 0.244. The number of carbonyl (C=O) groups excluding carboxylic acids is 1. The fourth-order valence-corrected chi connectivity index (χ4v) is 1.57. The van der Waals surface area contributed by atoms with E-state index in [2.05, 4.69) is 10.3 Å². The van der Waals surface area contributed by atoms with Gasteiger partial charge in [0.05, 0.1) is 0 Å². The molecule has 0 aliphatic rings. The number of carboxylic acid groups (broad SMARTS) is 1. The zero-order valence-corrected chi connectivity index (χ0v) is 11.1. The van der Waals surface area contributed by atoms with Crippen molar-refractivity contribution in [2.45, 2.75) is 39.7 Å². The predicted octanol–water partition coefficient (Wildman–Crippen LogP) is 1.68. The molecule has 0 fully saturated rings. The highest BCUT2D eigenvalue weighted by Gasteiger charge is 2.33. The molecule has 1 aromatic heterocycles. The van der Waals surface area contributed by atoms with Crippen LogP contribution in [-0.2, 0) is 4.79 Å². The van der Waals surface area contributed by atoms with Crippen molar-refractivity contribution >= 4 is 11.9 Å². The van der Waals surface area contributed by atoms with Crippen molar-refractivity contribution in [2.75, 3.05) is 0 Å². The van der Waals surface area contributed by atoms with Crippen LogP contribution in [0.1, 0.15) is 42.0 Å². The summed E-state index contributed by atoms with van der Waals surface area (Å²) < 4.78 is 0. The van der Waals surface area contributed by atoms with Gasteiger partial charge in [-0.3, -0.25) is 4.79 Å². The topological polar surface area (TPSA) is 79.3 Å². The predicted molar refractivity (Wildman–Crippen MR) is 67.5 cm³/mol. The van der Waals surface area contributed by atoms with Gasteiger partial charge in [-0.05, 0) is 44.9 Å². The molecular formula is C13H18N2O3. The van der Waals surface area contributed by atoms with E-state index in [1.165, 1.54) is 6.92 Å². The summed E-state index contributed by atoms with van der Waals surface area (Å²) in [6.07, 6.45) is 0.304. The maximum atomic E-state index is 12.0. The van der Waals surface area contributed by atoms with Gasteiger partial charge in [0.1, 0.15) is 11.2 Å². The zero-order valence-electron chi connectivity index (χ0n) is 11.1. The molecule has 2 N–H and O–H groups in total. The molecule has 1 aromatic rings. The average molecular weight is 250 g/mol. The van der Waals surface area contributed by atoms with Gasteiger partial charge in [0.2, 0.25) is 0 Å². The van der Waals surface area contributed by atoms with Gasteiger partial charge < -0.3 is 10.4 Å². The Morgan fingerprint density at radius 2 is 2.00 bits per heavy atom. The van der Waals surface area contributed by atoms with Crippen LogP contribution in [0, 0.1) is 13.8 Å². The van der Waals surface area contributed by atoms with E-state index in [0.717, 1.165) is 11.3 Å². The highest BCUT2D eigenvalue weighted by molar-refractivity contribution is 5.96. The lowest BCUT2D eigenvalue weighted by Crippen LogP contribution is -2.51. The molecule has 0 aromatic carbocycles. The number of hydrogen-bond acceptors (Lipinski definition) is 3. The molecule has 0 aliphatic carbocycles. The maximum absolute atomic E-state index is 12.0. The van der Waals surface area contributed by atoms with Crippen molar-refractivity contribution < 1.29 is 14.7 Å². The van der Waals surface area contributed by atoms with Crippen molar-refractivity contribution in [1.82, 2.24) is 10.3 Å². The number of aryl methyl sites for hydroxylation is 2. The highest BCUT2D eigenvalue weighted by atomic mass is 16.4. The molecule has 1 heterocycles. The van der Waals surface area contributed by atoms with Gasteiger partial charge in [-0.2, -0.15) is 0 Å². The summed E-state index contributed by atoms with van der Waals surface area (Å²) in [7, 11) is 0. The molecule has 98 valence electrons. The molecule has 0 saturated carbocycles. The van der Waals surface area contributed by atoms with E-state index in [1.54, 1.807) is 19.9 Å². The summed E-state index contributed by atoms with van der Waals surface area (Å²) in [5.74, 6) is -1.52. The molecule has 5 nitrogen and oxygen atoms in total. The third-order valence-electron chi connectivity index (χ3n) is 2.90. The fourth-order valence-electron chi connectivity index (χ4n) is 1.57. The number of rotatable bonds is 4. The summed E-state index contributed by atoms with van der Waals surface area (Å²) in [6.45, 7) is 6.85. The van der Waals surface area contributed by atoms with E-state index < -0.39 is 17.4 Å². The molecule has 1 amide bonds. The smallest absolute Gasteiger partial charge is 0.329 e. The molecule has 18 heavy (non-hydrogen) atoms. The van der Waals surface area contributed by atoms with E-state index in [-0.39, 0.29) is 5.69 Å². The first-order valence-electron chi connectivity index (χ1n) is 5.79. The molecule has 5 heteroatoms. The quantitative estimate of drug-likeness (QED) is 0.852. The number of hydrogen-bond donors (Lipinski definition) is 2. The van der Waals surface area contributed by atoms with Crippen LogP contribution in [0.4, 0.5) is 0 Å². The van der Waals surface area contributed by atoms with Crippen LogP contribution in [0.3, 0.4) is 0 Å². The normalized spacial score (nSPS) is 13.8. The Labute approximate surface area is 106 Å². The van der Waals surface area contributed by atoms with Crippen LogP contribution < -0.4 is 5.32 Å². The third kappa shape index (κ3) is 3.06. The van der Waals surface area contributed by atoms with Crippen molar-refractivity contribution in [3.63, 3.8) is 0 Å². The second-order valence-electron chi connectivity index (χ2n) is 4.62. The number of aromatic nitrogens is 1. The molecule has 0 radical (unpaired) electrons. The van der Waals surface area contributed by atoms with E-state index in [9.17, 15) is 9.59 Å². The Hall–Kier alpha value is -1.91. The number of amides is 1. The van der Waals surface area contributed by atoms with Crippen LogP contribution in [0.2, 0.25) is 0 Å². The first-order valence-corrected chi connectivity index (χ1v) is 5.79. The maximum Gasteiger partial charge on any atom is 0.329 e. The number of nitrogens with zero attached hydrogens (tertiary/aromatic N) is 1. The largest absolute Gasteiger partial charge is 0.480 e. The van der Waals surface area contributed by atoms with Crippen LogP contribution in [0.5, 0.6) is 0 Å². The van der Waals surface area contributed by atoms with Gasteiger partial charge >= 0.3 is 5.97 Å². The van der Waals surface area contributed by atoms with E-state index in [1.807, 2.05) is 13.0 Å². The lowest BCUT2D eigenvalue weighted by Gasteiger charge is -2.24. The molecule has 1 atom stereocenters. The van der Waals surface area contributed by atoms with Crippen molar-refractivity contribution in [3.05, 3.63) is 29.1 Å². The van der Waals surface area contributed by atoms with Gasteiger partial charge in [0, 0.05) is 5.69 Å². The van der Waals surface area contributed by atoms with Gasteiger partial charge in [-0.25, -0.2) is 9.78 Å². The lowest BCUT2D eigenvalue weighted by molar-refractivity contribution is -0.143. The molecule has 0 saturated heterocycles. The number of carboxylic acids is 1. The van der Waals surface area contributed by atoms with E-state index >= 15 is 0 Å². The number of nitrogens with one attached hydrogen (secondary N) is 1. The molecule has 0 bridgehead atoms. The van der Waals surface area contributed by atoms with Crippen LogP contribution >= 0.6 is 0 Å². The standard InChI is InChI=1S/C13H18N2O3/c1-5-13(4,12(17)18)15-11(16)10-7-8(2)6-9(3)14-10/h6-7H,5H2,1-4H3,(H,15,16)(H,17,18). The van der Waals surface area contributed by atoms with Gasteiger partial charge in [0.25, 0.3) is 5.91 Å². The molecule has 0 aliphatic heterocycles. The highest BCUT2D eigenvalue weighted by Crippen LogP contribution is 2.11. The van der Waals surface area contributed by atoms with Gasteiger partial charge in [-0.15, -0.1) is 0 Å². The fraction of sp³-hybridized carbons (Fsp3) is 0.462. The Morgan fingerprint density at radius 1 is 1.39 bits per heavy atom. The Bertz CT molecular complexity index is 465. The number of carbonyl (C=O) groups is 2. The minimum atomic E-state index is -1.27. The van der Waals surface area contributed by atoms with Crippen molar-refractivity contribution in [3.8, 4) is 0 Å². The summed E-state index contributed by atoms with van der Waals surface area (Å²) in [5.41, 5.74) is 0.624. The second-order valence-corrected chi connectivity index (χ2v) is 4.62. The first kappa shape index (κ1) is 14.2. The van der Waals surface area contributed by atoms with Gasteiger partial charge in [0.15, 0.2) is 0 Å². The van der Waals surface area contributed by atoms with Crippen LogP contribution in [-0.4, -0.2) is 27.5 Å². The minimum Gasteiger partial charge on any atom is -0.480 e. The Morgan fingerprint density at radius 3 is 2.44 bits per heavy atom. The molecular weight excluding hydrogens is 232 g/mol. The molecule has 1 unspecified atom stereocenters. The van der Waals surface area contributed by atoms with Crippen LogP contribution in [0.15, 0.2) is 12.1 Å². The third-order valence-corrected chi connectivity index (χ3v) is 2.90. The van der Waals surface area contributed by atoms with Crippen LogP contribution in [0.25, 0.3) is 0 Å². The SMILES string of the molecule is CCC(C)(NC(=O)c1cc(C)cc(C)n1)C(=O)O.